The lowest BCUT2D eigenvalue weighted by atomic mass is 10.1. The van der Waals surface area contributed by atoms with E-state index in [2.05, 4.69) is 25.3 Å². The van der Waals surface area contributed by atoms with Crippen molar-refractivity contribution in [1.29, 1.82) is 0 Å². The van der Waals surface area contributed by atoms with Crippen molar-refractivity contribution in [1.82, 2.24) is 15.6 Å². The van der Waals surface area contributed by atoms with E-state index in [9.17, 15) is 17.6 Å². The van der Waals surface area contributed by atoms with E-state index in [4.69, 9.17) is 0 Å². The van der Waals surface area contributed by atoms with Crippen LogP contribution in [0, 0.1) is 5.82 Å². The van der Waals surface area contributed by atoms with Gasteiger partial charge in [0.1, 0.15) is 5.82 Å². The van der Waals surface area contributed by atoms with E-state index < -0.39 is 12.8 Å². The summed E-state index contributed by atoms with van der Waals surface area (Å²) in [5.74, 6) is 0.165. The fourth-order valence-electron chi connectivity index (χ4n) is 2.18. The third kappa shape index (κ3) is 9.20. The lowest BCUT2D eigenvalue weighted by Crippen LogP contribution is -2.37. The molecule has 0 aliphatic rings. The standard InChI is InChI=1S/C18H20F4N4O.HI/c1-23-17(25-9-6-13-2-4-15(19)5-3-13)26-11-14-7-8-24-16(10-14)27-12-18(20,21)22;/h2-5,7-8,10H,6,9,11-12H2,1H3,(H2,23,25,26);1H. The van der Waals surface area contributed by atoms with Crippen molar-refractivity contribution < 1.29 is 22.3 Å². The predicted octanol–water partition coefficient (Wildman–Crippen LogP) is 3.69. The molecule has 2 rings (SSSR count). The van der Waals surface area contributed by atoms with Crippen molar-refractivity contribution in [3.05, 3.63) is 59.5 Å². The molecular weight excluding hydrogens is 491 g/mol. The van der Waals surface area contributed by atoms with Crippen LogP contribution in [0.5, 0.6) is 5.88 Å². The number of halogens is 5. The van der Waals surface area contributed by atoms with Crippen LogP contribution in [0.15, 0.2) is 47.6 Å². The number of alkyl halides is 3. The fraction of sp³-hybridized carbons (Fsp3) is 0.333. The Kier molecular flexibility index (Phi) is 9.97. The Labute approximate surface area is 177 Å². The summed E-state index contributed by atoms with van der Waals surface area (Å²) in [7, 11) is 1.61. The number of benzene rings is 1. The van der Waals surface area contributed by atoms with Crippen molar-refractivity contribution >= 4 is 29.9 Å². The quantitative estimate of drug-likeness (QED) is 0.257. The number of hydrogen-bond acceptors (Lipinski definition) is 3. The number of rotatable bonds is 7. The highest BCUT2D eigenvalue weighted by atomic mass is 127. The molecule has 0 amide bonds. The van der Waals surface area contributed by atoms with Gasteiger partial charge in [0.15, 0.2) is 12.6 Å². The maximum atomic E-state index is 12.9. The summed E-state index contributed by atoms with van der Waals surface area (Å²) in [5, 5.41) is 6.17. The van der Waals surface area contributed by atoms with Gasteiger partial charge in [-0.15, -0.1) is 24.0 Å². The molecule has 1 aromatic carbocycles. The highest BCUT2D eigenvalue weighted by Crippen LogP contribution is 2.17. The molecule has 0 atom stereocenters. The Hall–Kier alpha value is -2.11. The molecule has 0 unspecified atom stereocenters. The first-order valence-corrected chi connectivity index (χ1v) is 8.19. The maximum absolute atomic E-state index is 12.9. The zero-order valence-electron chi connectivity index (χ0n) is 15.1. The molecule has 10 heteroatoms. The van der Waals surface area contributed by atoms with Gasteiger partial charge in [-0.05, 0) is 35.7 Å². The van der Waals surface area contributed by atoms with Gasteiger partial charge in [0.05, 0.1) is 0 Å². The van der Waals surface area contributed by atoms with E-state index in [1.54, 1.807) is 25.2 Å². The van der Waals surface area contributed by atoms with Gasteiger partial charge in [-0.3, -0.25) is 4.99 Å². The van der Waals surface area contributed by atoms with E-state index >= 15 is 0 Å². The predicted molar refractivity (Wildman–Crippen MR) is 110 cm³/mol. The monoisotopic (exact) mass is 512 g/mol. The van der Waals surface area contributed by atoms with Gasteiger partial charge >= 0.3 is 6.18 Å². The van der Waals surface area contributed by atoms with Crippen molar-refractivity contribution in [2.45, 2.75) is 19.1 Å². The zero-order valence-corrected chi connectivity index (χ0v) is 17.4. The zero-order chi connectivity index (χ0) is 19.7. The number of hydrogen-bond donors (Lipinski definition) is 2. The molecule has 0 fully saturated rings. The third-order valence-electron chi connectivity index (χ3n) is 3.49. The Morgan fingerprint density at radius 2 is 1.82 bits per heavy atom. The summed E-state index contributed by atoms with van der Waals surface area (Å²) in [4.78, 5) is 7.83. The Morgan fingerprint density at radius 3 is 2.46 bits per heavy atom. The fourth-order valence-corrected chi connectivity index (χ4v) is 2.18. The lowest BCUT2D eigenvalue weighted by molar-refractivity contribution is -0.154. The molecule has 2 aromatic rings. The molecule has 1 heterocycles. The van der Waals surface area contributed by atoms with Crippen LogP contribution in [-0.4, -0.2) is 37.3 Å². The SMILES string of the molecule is CN=C(NCCc1ccc(F)cc1)NCc1ccnc(OCC(F)(F)F)c1.I. The van der Waals surface area contributed by atoms with Crippen molar-refractivity contribution in [3.63, 3.8) is 0 Å². The number of nitrogens with one attached hydrogen (secondary N) is 2. The van der Waals surface area contributed by atoms with Crippen LogP contribution in [0.4, 0.5) is 17.6 Å². The second-order valence-corrected chi connectivity index (χ2v) is 5.64. The molecule has 0 bridgehead atoms. The van der Waals surface area contributed by atoms with Gasteiger partial charge in [0.25, 0.3) is 0 Å². The molecule has 28 heavy (non-hydrogen) atoms. The van der Waals surface area contributed by atoms with Crippen LogP contribution < -0.4 is 15.4 Å². The first-order valence-electron chi connectivity index (χ1n) is 8.19. The largest absolute Gasteiger partial charge is 0.468 e. The average molecular weight is 512 g/mol. The third-order valence-corrected chi connectivity index (χ3v) is 3.49. The second kappa shape index (κ2) is 11.7. The van der Waals surface area contributed by atoms with Crippen LogP contribution in [0.1, 0.15) is 11.1 Å². The Balaban J connectivity index is 0.00000392. The highest BCUT2D eigenvalue weighted by Gasteiger charge is 2.28. The minimum absolute atomic E-state index is 0. The average Bonchev–Trinajstić information content (AvgIpc) is 2.64. The summed E-state index contributed by atoms with van der Waals surface area (Å²) in [6.07, 6.45) is -2.34. The highest BCUT2D eigenvalue weighted by molar-refractivity contribution is 14.0. The normalized spacial score (nSPS) is 11.5. The molecule has 0 spiro atoms. The second-order valence-electron chi connectivity index (χ2n) is 5.64. The number of aliphatic imine (C=N–C) groups is 1. The number of nitrogens with zero attached hydrogens (tertiary/aromatic N) is 2. The molecular formula is C18H21F4IN4O. The van der Waals surface area contributed by atoms with E-state index in [1.807, 2.05) is 0 Å². The first kappa shape index (κ1) is 23.9. The van der Waals surface area contributed by atoms with Gasteiger partial charge in [-0.2, -0.15) is 13.2 Å². The first-order chi connectivity index (χ1) is 12.9. The summed E-state index contributed by atoms with van der Waals surface area (Å²) >= 11 is 0. The number of guanidine groups is 1. The molecule has 5 nitrogen and oxygen atoms in total. The van der Waals surface area contributed by atoms with Crippen LogP contribution in [0.2, 0.25) is 0 Å². The Bertz CT molecular complexity index is 754. The smallest absolute Gasteiger partial charge is 0.422 e. The molecule has 1 aromatic heterocycles. The van der Waals surface area contributed by atoms with Crippen LogP contribution >= 0.6 is 24.0 Å². The van der Waals surface area contributed by atoms with Crippen LogP contribution in [0.3, 0.4) is 0 Å². The number of pyridine rings is 1. The molecule has 0 saturated heterocycles. The molecule has 0 aliphatic carbocycles. The van der Waals surface area contributed by atoms with Crippen LogP contribution in [0.25, 0.3) is 0 Å². The minimum atomic E-state index is -4.41. The van der Waals surface area contributed by atoms with E-state index in [1.165, 1.54) is 24.4 Å². The summed E-state index contributed by atoms with van der Waals surface area (Å²) in [6.45, 7) is -0.466. The molecule has 2 N–H and O–H groups in total. The van der Waals surface area contributed by atoms with Crippen molar-refractivity contribution in [2.75, 3.05) is 20.2 Å². The van der Waals surface area contributed by atoms with Gasteiger partial charge in [0, 0.05) is 32.4 Å². The van der Waals surface area contributed by atoms with E-state index in [0.29, 0.717) is 31.0 Å². The van der Waals surface area contributed by atoms with Gasteiger partial charge in [0.2, 0.25) is 5.88 Å². The van der Waals surface area contributed by atoms with Gasteiger partial charge in [-0.1, -0.05) is 12.1 Å². The lowest BCUT2D eigenvalue weighted by Gasteiger charge is -2.13. The van der Waals surface area contributed by atoms with Crippen LogP contribution in [-0.2, 0) is 13.0 Å². The molecule has 0 saturated carbocycles. The summed E-state index contributed by atoms with van der Waals surface area (Å²) in [6, 6.07) is 9.34. The topological polar surface area (TPSA) is 58.5 Å². The van der Waals surface area contributed by atoms with Gasteiger partial charge < -0.3 is 15.4 Å². The molecule has 0 aliphatic heterocycles. The van der Waals surface area contributed by atoms with Gasteiger partial charge in [-0.25, -0.2) is 9.37 Å². The Morgan fingerprint density at radius 1 is 1.11 bits per heavy atom. The summed E-state index contributed by atoms with van der Waals surface area (Å²) < 4.78 is 54.1. The number of ether oxygens (including phenoxy) is 1. The molecule has 0 radical (unpaired) electrons. The van der Waals surface area contributed by atoms with E-state index in [-0.39, 0.29) is 35.7 Å². The maximum Gasteiger partial charge on any atom is 0.422 e. The van der Waals surface area contributed by atoms with E-state index in [0.717, 1.165) is 5.56 Å². The van der Waals surface area contributed by atoms with Crippen molar-refractivity contribution in [2.24, 2.45) is 4.99 Å². The number of aromatic nitrogens is 1. The minimum Gasteiger partial charge on any atom is -0.468 e. The molecule has 154 valence electrons. The summed E-state index contributed by atoms with van der Waals surface area (Å²) in [5.41, 5.74) is 1.68. The van der Waals surface area contributed by atoms with Crippen molar-refractivity contribution in [3.8, 4) is 5.88 Å².